The van der Waals surface area contributed by atoms with Crippen LogP contribution >= 0.6 is 7.53 Å². The van der Waals surface area contributed by atoms with Gasteiger partial charge in [0.05, 0.1) is 0 Å². The van der Waals surface area contributed by atoms with E-state index in [0.29, 0.717) is 0 Å². The zero-order chi connectivity index (χ0) is 13.9. The fourth-order valence-electron chi connectivity index (χ4n) is 2.44. The van der Waals surface area contributed by atoms with Gasteiger partial charge in [-0.15, -0.1) is 0 Å². The smallest absolute Gasteiger partial charge is 0.175 e. The molecule has 0 radical (unpaired) electrons. The highest BCUT2D eigenvalue weighted by atomic mass is 31.1. The van der Waals surface area contributed by atoms with Crippen LogP contribution in [0.5, 0.6) is 0 Å². The Morgan fingerprint density at radius 1 is 0.700 bits per heavy atom. The van der Waals surface area contributed by atoms with E-state index in [9.17, 15) is 4.79 Å². The van der Waals surface area contributed by atoms with Crippen molar-refractivity contribution in [3.05, 3.63) is 72.8 Å². The van der Waals surface area contributed by atoms with Gasteiger partial charge in [0.15, 0.2) is 5.52 Å². The number of hydrogen-bond acceptors (Lipinski definition) is 1. The van der Waals surface area contributed by atoms with Crippen LogP contribution in [0.1, 0.15) is 11.7 Å². The Bertz CT molecular complexity index is 670. The van der Waals surface area contributed by atoms with E-state index in [1.165, 1.54) is 0 Å². The minimum Gasteiger partial charge on any atom is -0.290 e. The zero-order valence-electron chi connectivity index (χ0n) is 11.3. The molecular formula is C18H15OP. The summed E-state index contributed by atoms with van der Waals surface area (Å²) in [5.74, 6) is 0. The van der Waals surface area contributed by atoms with Crippen LogP contribution in [0.3, 0.4) is 0 Å². The van der Waals surface area contributed by atoms with E-state index in [2.05, 4.69) is 36.4 Å². The highest BCUT2D eigenvalue weighted by molar-refractivity contribution is 7.73. The molecule has 0 saturated carbocycles. The van der Waals surface area contributed by atoms with E-state index >= 15 is 0 Å². The standard InChI is InChI=1S/C18H15OP/c1-14(19)20-17(15-8-4-2-5-9-15)12-13-18(20)16-10-6-3-7-11-16/h2-13H,1H3. The molecule has 1 aromatic heterocycles. The first-order chi connectivity index (χ1) is 9.77. The summed E-state index contributed by atoms with van der Waals surface area (Å²) in [6.45, 7) is 1.70. The van der Waals surface area contributed by atoms with E-state index in [4.69, 9.17) is 0 Å². The second-order valence-corrected chi connectivity index (χ2v) is 6.95. The highest BCUT2D eigenvalue weighted by Gasteiger charge is 2.16. The Morgan fingerprint density at radius 2 is 1.10 bits per heavy atom. The van der Waals surface area contributed by atoms with Crippen molar-refractivity contribution in [2.75, 3.05) is 0 Å². The Hall–Kier alpha value is -2.11. The number of carbonyl (C=O) groups excluding carboxylic acids is 1. The molecular weight excluding hydrogens is 263 g/mol. The van der Waals surface area contributed by atoms with Crippen molar-refractivity contribution in [3.63, 3.8) is 0 Å². The average molecular weight is 278 g/mol. The molecule has 0 aliphatic heterocycles. The first-order valence-electron chi connectivity index (χ1n) is 6.61. The second-order valence-electron chi connectivity index (χ2n) is 4.69. The first kappa shape index (κ1) is 12.9. The van der Waals surface area contributed by atoms with Gasteiger partial charge >= 0.3 is 0 Å². The summed E-state index contributed by atoms with van der Waals surface area (Å²) in [5.41, 5.74) is 2.55. The third-order valence-corrected chi connectivity index (χ3v) is 5.74. The predicted octanol–water partition coefficient (Wildman–Crippen LogP) is 5.67. The van der Waals surface area contributed by atoms with Crippen molar-refractivity contribution in [3.8, 4) is 21.7 Å². The molecule has 0 saturated heterocycles. The summed E-state index contributed by atoms with van der Waals surface area (Å²) >= 11 is 0. The number of carbonyl (C=O) groups is 1. The lowest BCUT2D eigenvalue weighted by molar-refractivity contribution is 0.106. The first-order valence-corrected chi connectivity index (χ1v) is 7.95. The van der Waals surface area contributed by atoms with Gasteiger partial charge in [-0.2, -0.15) is 0 Å². The third-order valence-electron chi connectivity index (χ3n) is 3.33. The molecule has 0 amide bonds. The van der Waals surface area contributed by atoms with Crippen LogP contribution in [-0.4, -0.2) is 5.52 Å². The lowest BCUT2D eigenvalue weighted by Gasteiger charge is -2.07. The molecule has 20 heavy (non-hydrogen) atoms. The normalized spacial score (nSPS) is 10.4. The predicted molar refractivity (Wildman–Crippen MR) is 86.3 cm³/mol. The van der Waals surface area contributed by atoms with Crippen molar-refractivity contribution in [2.45, 2.75) is 6.92 Å². The molecule has 0 unspecified atom stereocenters. The quantitative estimate of drug-likeness (QED) is 0.603. The molecule has 3 aromatic rings. The van der Waals surface area contributed by atoms with Gasteiger partial charge in [-0.1, -0.05) is 60.7 Å². The van der Waals surface area contributed by atoms with E-state index in [0.717, 1.165) is 21.7 Å². The fourth-order valence-corrected chi connectivity index (χ4v) is 4.64. The maximum absolute atomic E-state index is 12.2. The summed E-state index contributed by atoms with van der Waals surface area (Å²) < 4.78 is 0. The molecule has 1 nitrogen and oxygen atoms in total. The van der Waals surface area contributed by atoms with E-state index < -0.39 is 7.53 Å². The maximum Gasteiger partial charge on any atom is 0.175 e. The molecule has 3 rings (SSSR count). The van der Waals surface area contributed by atoms with Crippen molar-refractivity contribution in [2.24, 2.45) is 0 Å². The van der Waals surface area contributed by atoms with Crippen molar-refractivity contribution in [1.29, 1.82) is 0 Å². The van der Waals surface area contributed by atoms with Crippen molar-refractivity contribution < 1.29 is 4.79 Å². The molecule has 0 atom stereocenters. The molecule has 98 valence electrons. The van der Waals surface area contributed by atoms with Gasteiger partial charge in [0, 0.05) is 17.5 Å². The van der Waals surface area contributed by atoms with Crippen LogP contribution in [0, 0.1) is 0 Å². The maximum atomic E-state index is 12.2. The molecule has 2 aromatic carbocycles. The minimum absolute atomic E-state index is 0.253. The van der Waals surface area contributed by atoms with Gasteiger partial charge < -0.3 is 0 Å². The number of benzene rings is 2. The molecule has 0 fully saturated rings. The number of hydrogen-bond donors (Lipinski definition) is 0. The Kier molecular flexibility index (Phi) is 3.54. The second kappa shape index (κ2) is 5.48. The molecule has 0 aliphatic carbocycles. The van der Waals surface area contributed by atoms with E-state index in [1.54, 1.807) is 6.92 Å². The van der Waals surface area contributed by atoms with E-state index in [1.807, 2.05) is 36.4 Å². The summed E-state index contributed by atoms with van der Waals surface area (Å²) in [7, 11) is -0.900. The Balaban J connectivity index is 2.20. The molecule has 0 spiro atoms. The van der Waals surface area contributed by atoms with Crippen LogP contribution in [0.25, 0.3) is 21.7 Å². The minimum atomic E-state index is -0.900. The summed E-state index contributed by atoms with van der Waals surface area (Å²) in [5, 5.41) is 2.32. The largest absolute Gasteiger partial charge is 0.290 e. The van der Waals surface area contributed by atoms with Crippen LogP contribution in [0.4, 0.5) is 0 Å². The van der Waals surface area contributed by atoms with Crippen LogP contribution < -0.4 is 0 Å². The Labute approximate surface area is 120 Å². The van der Waals surface area contributed by atoms with Gasteiger partial charge in [-0.25, -0.2) is 0 Å². The zero-order valence-corrected chi connectivity index (χ0v) is 12.2. The lowest BCUT2D eigenvalue weighted by Crippen LogP contribution is -1.81. The molecule has 2 heteroatoms. The van der Waals surface area contributed by atoms with Gasteiger partial charge in [-0.3, -0.25) is 4.79 Å². The lowest BCUT2D eigenvalue weighted by atomic mass is 10.2. The SMILES string of the molecule is CC(=O)p1c(-c2ccccc2)ccc1-c1ccccc1. The Morgan fingerprint density at radius 3 is 1.45 bits per heavy atom. The average Bonchev–Trinajstić information content (AvgIpc) is 2.94. The summed E-state index contributed by atoms with van der Waals surface area (Å²) in [4.78, 5) is 12.2. The van der Waals surface area contributed by atoms with Gasteiger partial charge in [0.2, 0.25) is 0 Å². The fraction of sp³-hybridized carbons (Fsp3) is 0.0556. The number of rotatable bonds is 3. The van der Waals surface area contributed by atoms with Crippen LogP contribution in [0.15, 0.2) is 72.8 Å². The van der Waals surface area contributed by atoms with Crippen molar-refractivity contribution in [1.82, 2.24) is 0 Å². The highest BCUT2D eigenvalue weighted by Crippen LogP contribution is 2.51. The summed E-state index contributed by atoms with van der Waals surface area (Å²) in [6, 6.07) is 24.6. The third kappa shape index (κ3) is 2.33. The monoisotopic (exact) mass is 278 g/mol. The van der Waals surface area contributed by atoms with E-state index in [-0.39, 0.29) is 5.52 Å². The van der Waals surface area contributed by atoms with Gasteiger partial charge in [0.25, 0.3) is 0 Å². The molecule has 1 heterocycles. The molecule has 0 aliphatic rings. The van der Waals surface area contributed by atoms with Gasteiger partial charge in [-0.05, 0) is 30.8 Å². The van der Waals surface area contributed by atoms with Crippen LogP contribution in [0.2, 0.25) is 0 Å². The van der Waals surface area contributed by atoms with Gasteiger partial charge in [0.1, 0.15) is 0 Å². The molecule has 0 bridgehead atoms. The topological polar surface area (TPSA) is 17.1 Å². The summed E-state index contributed by atoms with van der Waals surface area (Å²) in [6.07, 6.45) is 0. The molecule has 0 N–H and O–H groups in total. The van der Waals surface area contributed by atoms with Crippen molar-refractivity contribution >= 4 is 13.1 Å². The van der Waals surface area contributed by atoms with Crippen LogP contribution in [-0.2, 0) is 0 Å².